The first kappa shape index (κ1) is 18.1. The van der Waals surface area contributed by atoms with Gasteiger partial charge in [0.05, 0.1) is 12.0 Å². The van der Waals surface area contributed by atoms with E-state index in [4.69, 9.17) is 14.2 Å². The molecule has 0 radical (unpaired) electrons. The van der Waals surface area contributed by atoms with Gasteiger partial charge in [-0.3, -0.25) is 10.1 Å². The average molecular weight is 373 g/mol. The molecule has 0 aliphatic rings. The Morgan fingerprint density at radius 3 is 1.85 bits per heavy atom. The zero-order valence-corrected chi connectivity index (χ0v) is 14.0. The number of hydrogen-bond donors (Lipinski definition) is 0. The van der Waals surface area contributed by atoms with Crippen molar-refractivity contribution in [3.63, 3.8) is 0 Å². The minimum atomic E-state index is -0.714. The molecule has 27 heavy (non-hydrogen) atoms. The van der Waals surface area contributed by atoms with E-state index in [-0.39, 0.29) is 28.7 Å². The maximum Gasteiger partial charge on any atom is 0.315 e. The summed E-state index contributed by atoms with van der Waals surface area (Å²) in [6.07, 6.45) is 0. The van der Waals surface area contributed by atoms with Crippen LogP contribution in [0.25, 0.3) is 0 Å². The van der Waals surface area contributed by atoms with Crippen molar-refractivity contribution in [3.05, 3.63) is 82.4 Å². The Hall–Kier alpha value is -3.68. The smallest absolute Gasteiger partial charge is 0.315 e. The van der Waals surface area contributed by atoms with Gasteiger partial charge in [-0.1, -0.05) is 24.3 Å². The van der Waals surface area contributed by atoms with Crippen LogP contribution in [0.2, 0.25) is 0 Å². The molecule has 0 heterocycles. The third-order valence-electron chi connectivity index (χ3n) is 3.56. The van der Waals surface area contributed by atoms with Crippen molar-refractivity contribution in [2.45, 2.75) is 0 Å². The summed E-state index contributed by atoms with van der Waals surface area (Å²) in [5.41, 5.74) is -0.462. The Bertz CT molecular complexity index is 994. The number of nitrogens with zero attached hydrogens (tertiary/aromatic N) is 1. The highest BCUT2D eigenvalue weighted by Crippen LogP contribution is 2.47. The Morgan fingerprint density at radius 2 is 1.33 bits per heavy atom. The summed E-state index contributed by atoms with van der Waals surface area (Å²) in [6.45, 7) is 0. The first-order valence-corrected chi connectivity index (χ1v) is 7.71. The van der Waals surface area contributed by atoms with E-state index < -0.39 is 22.2 Å². The second kappa shape index (κ2) is 7.69. The van der Waals surface area contributed by atoms with Gasteiger partial charge in [0.15, 0.2) is 28.9 Å². The van der Waals surface area contributed by atoms with Crippen LogP contribution in [0.4, 0.5) is 14.5 Å². The SMILES string of the molecule is COc1c(Oc2ccccc2F)ccc([N+](=O)[O-])c1Oc1ccccc1F. The largest absolute Gasteiger partial charge is 0.490 e. The molecule has 6 nitrogen and oxygen atoms in total. The lowest BCUT2D eigenvalue weighted by molar-refractivity contribution is -0.385. The maximum atomic E-state index is 13.9. The van der Waals surface area contributed by atoms with Gasteiger partial charge in [0.25, 0.3) is 5.75 Å². The van der Waals surface area contributed by atoms with Crippen molar-refractivity contribution >= 4 is 5.69 Å². The first-order valence-electron chi connectivity index (χ1n) is 7.71. The van der Waals surface area contributed by atoms with Crippen LogP contribution in [0.1, 0.15) is 0 Å². The molecular weight excluding hydrogens is 360 g/mol. The highest BCUT2D eigenvalue weighted by Gasteiger charge is 2.26. The van der Waals surface area contributed by atoms with Gasteiger partial charge < -0.3 is 14.2 Å². The summed E-state index contributed by atoms with van der Waals surface area (Å²) < 4.78 is 43.9. The van der Waals surface area contributed by atoms with Gasteiger partial charge in [0, 0.05) is 6.07 Å². The topological polar surface area (TPSA) is 70.8 Å². The third kappa shape index (κ3) is 3.79. The average Bonchev–Trinajstić information content (AvgIpc) is 2.65. The number of nitro benzene ring substituents is 1. The maximum absolute atomic E-state index is 13.9. The zero-order valence-electron chi connectivity index (χ0n) is 14.0. The minimum absolute atomic E-state index is 0.0282. The molecule has 0 bridgehead atoms. The number of ether oxygens (including phenoxy) is 3. The molecule has 0 atom stereocenters. The molecule has 8 heteroatoms. The highest BCUT2D eigenvalue weighted by molar-refractivity contribution is 5.64. The lowest BCUT2D eigenvalue weighted by Gasteiger charge is -2.15. The number of benzene rings is 3. The van der Waals surface area contributed by atoms with Gasteiger partial charge in [-0.15, -0.1) is 0 Å². The quantitative estimate of drug-likeness (QED) is 0.423. The summed E-state index contributed by atoms with van der Waals surface area (Å²) in [7, 11) is 1.24. The van der Waals surface area contributed by atoms with Gasteiger partial charge in [-0.05, 0) is 30.3 Å². The molecule has 3 rings (SSSR count). The predicted octanol–water partition coefficient (Wildman–Crippen LogP) is 5.47. The second-order valence-corrected chi connectivity index (χ2v) is 5.27. The monoisotopic (exact) mass is 373 g/mol. The number of halogens is 2. The lowest BCUT2D eigenvalue weighted by Crippen LogP contribution is -2.00. The molecule has 0 aliphatic carbocycles. The first-order chi connectivity index (χ1) is 13.0. The van der Waals surface area contributed by atoms with Crippen LogP contribution in [0.5, 0.6) is 28.7 Å². The molecule has 0 saturated carbocycles. The van der Waals surface area contributed by atoms with Crippen LogP contribution in [0.15, 0.2) is 60.7 Å². The fraction of sp³-hybridized carbons (Fsp3) is 0.0526. The van der Waals surface area contributed by atoms with Gasteiger partial charge in [-0.25, -0.2) is 8.78 Å². The zero-order chi connectivity index (χ0) is 19.4. The van der Waals surface area contributed by atoms with Crippen LogP contribution in [0.3, 0.4) is 0 Å². The standard InChI is InChI=1S/C19H13F2NO5/c1-25-19-17(26-15-8-4-2-6-12(15)20)11-10-14(22(23)24)18(19)27-16-9-5-3-7-13(16)21/h2-11H,1H3. The van der Waals surface area contributed by atoms with Crippen molar-refractivity contribution < 1.29 is 27.9 Å². The van der Waals surface area contributed by atoms with E-state index in [0.717, 1.165) is 12.1 Å². The molecule has 0 fully saturated rings. The molecule has 138 valence electrons. The normalized spacial score (nSPS) is 10.3. The van der Waals surface area contributed by atoms with E-state index in [0.29, 0.717) is 0 Å². The van der Waals surface area contributed by atoms with Gasteiger partial charge in [0.1, 0.15) is 0 Å². The van der Waals surface area contributed by atoms with E-state index in [2.05, 4.69) is 0 Å². The molecule has 0 unspecified atom stereocenters. The van der Waals surface area contributed by atoms with Crippen LogP contribution in [0, 0.1) is 21.7 Å². The van der Waals surface area contributed by atoms with E-state index in [1.165, 1.54) is 49.6 Å². The van der Waals surface area contributed by atoms with Crippen molar-refractivity contribution in [3.8, 4) is 28.7 Å². The molecule has 0 aliphatic heterocycles. The Morgan fingerprint density at radius 1 is 0.778 bits per heavy atom. The number of methoxy groups -OCH3 is 1. The molecule has 3 aromatic rings. The number of para-hydroxylation sites is 2. The number of rotatable bonds is 6. The van der Waals surface area contributed by atoms with Crippen molar-refractivity contribution in [1.82, 2.24) is 0 Å². The summed E-state index contributed by atoms with van der Waals surface area (Å²) in [5.74, 6) is -2.25. The summed E-state index contributed by atoms with van der Waals surface area (Å²) in [6, 6.07) is 13.4. The van der Waals surface area contributed by atoms with Gasteiger partial charge in [-0.2, -0.15) is 0 Å². The van der Waals surface area contributed by atoms with E-state index in [9.17, 15) is 18.9 Å². The molecule has 0 spiro atoms. The number of hydrogen-bond acceptors (Lipinski definition) is 5. The molecule has 0 saturated heterocycles. The van der Waals surface area contributed by atoms with E-state index >= 15 is 0 Å². The van der Waals surface area contributed by atoms with Crippen LogP contribution in [-0.2, 0) is 0 Å². The fourth-order valence-electron chi connectivity index (χ4n) is 2.33. The van der Waals surface area contributed by atoms with Crippen LogP contribution >= 0.6 is 0 Å². The fourth-order valence-corrected chi connectivity index (χ4v) is 2.33. The second-order valence-electron chi connectivity index (χ2n) is 5.27. The lowest BCUT2D eigenvalue weighted by atomic mass is 10.2. The van der Waals surface area contributed by atoms with Gasteiger partial charge >= 0.3 is 5.69 Å². The predicted molar refractivity (Wildman–Crippen MR) is 92.6 cm³/mol. The molecule has 3 aromatic carbocycles. The van der Waals surface area contributed by atoms with Crippen molar-refractivity contribution in [1.29, 1.82) is 0 Å². The van der Waals surface area contributed by atoms with Gasteiger partial charge in [0.2, 0.25) is 5.75 Å². The molecular formula is C19H13F2NO5. The summed E-state index contributed by atoms with van der Waals surface area (Å²) in [5, 5.41) is 11.4. The third-order valence-corrected chi connectivity index (χ3v) is 3.56. The Balaban J connectivity index is 2.10. The van der Waals surface area contributed by atoms with Crippen LogP contribution in [-0.4, -0.2) is 12.0 Å². The van der Waals surface area contributed by atoms with E-state index in [1.54, 1.807) is 6.07 Å². The minimum Gasteiger partial charge on any atom is -0.490 e. The molecule has 0 N–H and O–H groups in total. The van der Waals surface area contributed by atoms with Crippen LogP contribution < -0.4 is 14.2 Å². The van der Waals surface area contributed by atoms with E-state index in [1.807, 2.05) is 0 Å². The van der Waals surface area contributed by atoms with Crippen molar-refractivity contribution in [2.24, 2.45) is 0 Å². The Kier molecular flexibility index (Phi) is 5.16. The highest BCUT2D eigenvalue weighted by atomic mass is 19.1. The molecule has 0 aromatic heterocycles. The van der Waals surface area contributed by atoms with Crippen molar-refractivity contribution in [2.75, 3.05) is 7.11 Å². The molecule has 0 amide bonds. The number of nitro groups is 1. The Labute approximate surface area is 152 Å². The summed E-state index contributed by atoms with van der Waals surface area (Å²) >= 11 is 0. The summed E-state index contributed by atoms with van der Waals surface area (Å²) in [4.78, 5) is 10.7.